The van der Waals surface area contributed by atoms with Gasteiger partial charge in [-0.2, -0.15) is 5.10 Å². The highest BCUT2D eigenvalue weighted by atomic mass is 16.7. The first-order valence-corrected chi connectivity index (χ1v) is 14.1. The molecule has 3 amide bonds. The molecule has 40 heavy (non-hydrogen) atoms. The molecule has 0 aromatic heterocycles. The standard InChI is InChI=1S/C30H39N5O5/c1-4-9-31-30(37)34(11-10-33-12-14-38-15-13-33)19-29(36)35-26(24-7-8-27-28(17-24)40-20-39-27)18-25(32-35)23-6-5-21(2)22(3)16-23/h5-8,16-17,26H,4,9-15,18-20H2,1-3H3,(H,31,37)/t26-/m1/s1. The van der Waals surface area contributed by atoms with Crippen LogP contribution in [0, 0.1) is 13.8 Å². The molecule has 10 heteroatoms. The van der Waals surface area contributed by atoms with E-state index in [9.17, 15) is 9.59 Å². The van der Waals surface area contributed by atoms with Crippen molar-refractivity contribution in [3.05, 3.63) is 58.7 Å². The number of carbonyl (C=O) groups excluding carboxylic acids is 2. The van der Waals surface area contributed by atoms with Gasteiger partial charge in [-0.3, -0.25) is 9.69 Å². The van der Waals surface area contributed by atoms with Gasteiger partial charge in [-0.05, 0) is 60.7 Å². The quantitative estimate of drug-likeness (QED) is 0.515. The SMILES string of the molecule is CCCNC(=O)N(CCN1CCOCC1)CC(=O)N1N=C(c2ccc(C)c(C)c2)C[C@@H]1c1ccc2c(c1)OCO2. The second-order valence-corrected chi connectivity index (χ2v) is 10.5. The molecule has 1 fully saturated rings. The Kier molecular flexibility index (Phi) is 8.86. The van der Waals surface area contributed by atoms with Gasteiger partial charge in [0, 0.05) is 39.1 Å². The lowest BCUT2D eigenvalue weighted by atomic mass is 9.96. The molecule has 2 aromatic rings. The van der Waals surface area contributed by atoms with Crippen molar-refractivity contribution in [2.75, 3.05) is 59.3 Å². The van der Waals surface area contributed by atoms with Gasteiger partial charge in [0.05, 0.1) is 25.0 Å². The predicted octanol–water partition coefficient (Wildman–Crippen LogP) is 3.46. The van der Waals surface area contributed by atoms with E-state index < -0.39 is 0 Å². The molecular formula is C30H39N5O5. The summed E-state index contributed by atoms with van der Waals surface area (Å²) in [6.07, 6.45) is 1.38. The monoisotopic (exact) mass is 549 g/mol. The molecule has 3 heterocycles. The van der Waals surface area contributed by atoms with Crippen LogP contribution in [0.25, 0.3) is 0 Å². The van der Waals surface area contributed by atoms with Crippen LogP contribution in [-0.4, -0.2) is 91.7 Å². The zero-order chi connectivity index (χ0) is 28.1. The second-order valence-electron chi connectivity index (χ2n) is 10.5. The lowest BCUT2D eigenvalue weighted by Crippen LogP contribution is -2.49. The van der Waals surface area contributed by atoms with Crippen LogP contribution in [0.2, 0.25) is 0 Å². The second kappa shape index (κ2) is 12.7. The molecule has 3 aliphatic rings. The minimum atomic E-state index is -0.321. The number of benzene rings is 2. The number of hydrazone groups is 1. The number of morpholine rings is 1. The summed E-state index contributed by atoms with van der Waals surface area (Å²) in [5, 5.41) is 9.34. The van der Waals surface area contributed by atoms with Gasteiger partial charge in [0.15, 0.2) is 11.5 Å². The maximum atomic E-state index is 13.9. The zero-order valence-corrected chi connectivity index (χ0v) is 23.6. The molecule has 0 unspecified atom stereocenters. The van der Waals surface area contributed by atoms with Crippen LogP contribution in [0.1, 0.15) is 48.1 Å². The van der Waals surface area contributed by atoms with Gasteiger partial charge in [0.1, 0.15) is 6.54 Å². The number of aryl methyl sites for hydroxylation is 2. The molecule has 1 N–H and O–H groups in total. The smallest absolute Gasteiger partial charge is 0.317 e. The van der Waals surface area contributed by atoms with Crippen molar-refractivity contribution in [3.63, 3.8) is 0 Å². The highest BCUT2D eigenvalue weighted by Crippen LogP contribution is 2.39. The first-order valence-electron chi connectivity index (χ1n) is 14.1. The van der Waals surface area contributed by atoms with E-state index in [1.807, 2.05) is 25.1 Å². The summed E-state index contributed by atoms with van der Waals surface area (Å²) in [7, 11) is 0. The maximum absolute atomic E-state index is 13.9. The molecule has 1 saturated heterocycles. The van der Waals surface area contributed by atoms with Gasteiger partial charge in [0.2, 0.25) is 6.79 Å². The van der Waals surface area contributed by atoms with E-state index in [1.54, 1.807) is 9.91 Å². The minimum absolute atomic E-state index is 0.0648. The number of fused-ring (bicyclic) bond motifs is 1. The Morgan fingerprint density at radius 3 is 2.62 bits per heavy atom. The van der Waals surface area contributed by atoms with Crippen LogP contribution >= 0.6 is 0 Å². The van der Waals surface area contributed by atoms with Crippen LogP contribution in [-0.2, 0) is 9.53 Å². The predicted molar refractivity (Wildman–Crippen MR) is 152 cm³/mol. The first kappa shape index (κ1) is 27.9. The highest BCUT2D eigenvalue weighted by Gasteiger charge is 2.35. The largest absolute Gasteiger partial charge is 0.454 e. The minimum Gasteiger partial charge on any atom is -0.454 e. The van der Waals surface area contributed by atoms with Crippen LogP contribution in [0.4, 0.5) is 4.79 Å². The number of hydrogen-bond donors (Lipinski definition) is 1. The summed E-state index contributed by atoms with van der Waals surface area (Å²) in [5.74, 6) is 1.13. The molecular weight excluding hydrogens is 510 g/mol. The maximum Gasteiger partial charge on any atom is 0.317 e. The fourth-order valence-corrected chi connectivity index (χ4v) is 5.13. The molecule has 0 bridgehead atoms. The van der Waals surface area contributed by atoms with E-state index in [0.717, 1.165) is 36.3 Å². The average molecular weight is 550 g/mol. The third-order valence-corrected chi connectivity index (χ3v) is 7.72. The fourth-order valence-electron chi connectivity index (χ4n) is 5.13. The Morgan fingerprint density at radius 1 is 1.05 bits per heavy atom. The molecule has 0 saturated carbocycles. The number of hydrogen-bond acceptors (Lipinski definition) is 7. The lowest BCUT2D eigenvalue weighted by Gasteiger charge is -2.31. The fraction of sp³-hybridized carbons (Fsp3) is 0.500. The summed E-state index contributed by atoms with van der Waals surface area (Å²) in [6.45, 7) is 11.0. The summed E-state index contributed by atoms with van der Waals surface area (Å²) < 4.78 is 16.6. The first-order chi connectivity index (χ1) is 19.4. The van der Waals surface area contributed by atoms with Gasteiger partial charge in [0.25, 0.3) is 5.91 Å². The molecule has 2 aromatic carbocycles. The van der Waals surface area contributed by atoms with E-state index in [0.29, 0.717) is 50.8 Å². The van der Waals surface area contributed by atoms with Crippen molar-refractivity contribution in [1.29, 1.82) is 0 Å². The highest BCUT2D eigenvalue weighted by molar-refractivity contribution is 6.03. The number of carbonyl (C=O) groups is 2. The Bertz CT molecular complexity index is 1260. The van der Waals surface area contributed by atoms with Gasteiger partial charge in [-0.1, -0.05) is 25.1 Å². The molecule has 0 spiro atoms. The van der Waals surface area contributed by atoms with E-state index in [-0.39, 0.29) is 31.3 Å². The van der Waals surface area contributed by atoms with Crippen LogP contribution in [0.15, 0.2) is 41.5 Å². The molecule has 0 radical (unpaired) electrons. The van der Waals surface area contributed by atoms with Gasteiger partial charge >= 0.3 is 6.03 Å². The topological polar surface area (TPSA) is 95.9 Å². The van der Waals surface area contributed by atoms with Gasteiger partial charge < -0.3 is 24.4 Å². The Morgan fingerprint density at radius 2 is 1.85 bits per heavy atom. The summed E-state index contributed by atoms with van der Waals surface area (Å²) >= 11 is 0. The van der Waals surface area contributed by atoms with Gasteiger partial charge in [-0.25, -0.2) is 9.80 Å². The van der Waals surface area contributed by atoms with Gasteiger partial charge in [-0.15, -0.1) is 0 Å². The van der Waals surface area contributed by atoms with Crippen molar-refractivity contribution >= 4 is 17.6 Å². The van der Waals surface area contributed by atoms with Crippen LogP contribution < -0.4 is 14.8 Å². The summed E-state index contributed by atoms with van der Waals surface area (Å²) in [4.78, 5) is 30.9. The molecule has 0 aliphatic carbocycles. The van der Waals surface area contributed by atoms with E-state index in [4.69, 9.17) is 19.3 Å². The van der Waals surface area contributed by atoms with E-state index in [1.165, 1.54) is 11.1 Å². The normalized spacial score (nSPS) is 18.5. The van der Waals surface area contributed by atoms with Crippen LogP contribution in [0.5, 0.6) is 11.5 Å². The number of nitrogens with one attached hydrogen (secondary N) is 1. The Hall–Kier alpha value is -3.63. The number of ether oxygens (including phenoxy) is 3. The number of rotatable bonds is 9. The lowest BCUT2D eigenvalue weighted by molar-refractivity contribution is -0.133. The van der Waals surface area contributed by atoms with Crippen molar-refractivity contribution in [1.82, 2.24) is 20.1 Å². The zero-order valence-electron chi connectivity index (χ0n) is 23.6. The van der Waals surface area contributed by atoms with E-state index in [2.05, 4.69) is 42.3 Å². The van der Waals surface area contributed by atoms with Crippen molar-refractivity contribution in [2.45, 2.75) is 39.7 Å². The summed E-state index contributed by atoms with van der Waals surface area (Å²) in [5.41, 5.74) is 5.13. The third kappa shape index (κ3) is 6.39. The third-order valence-electron chi connectivity index (χ3n) is 7.72. The number of amides is 3. The molecule has 10 nitrogen and oxygen atoms in total. The number of urea groups is 1. The van der Waals surface area contributed by atoms with E-state index >= 15 is 0 Å². The van der Waals surface area contributed by atoms with Crippen molar-refractivity contribution in [2.24, 2.45) is 5.10 Å². The molecule has 214 valence electrons. The average Bonchev–Trinajstić information content (AvgIpc) is 3.63. The molecule has 1 atom stereocenters. The molecule has 3 aliphatic heterocycles. The molecule has 5 rings (SSSR count). The van der Waals surface area contributed by atoms with Crippen molar-refractivity contribution in [3.8, 4) is 11.5 Å². The Labute approximate surface area is 235 Å². The summed E-state index contributed by atoms with van der Waals surface area (Å²) in [6, 6.07) is 11.5. The number of nitrogens with zero attached hydrogens (tertiary/aromatic N) is 4. The van der Waals surface area contributed by atoms with Crippen LogP contribution in [0.3, 0.4) is 0 Å². The Balaban J connectivity index is 1.39. The van der Waals surface area contributed by atoms with Crippen molar-refractivity contribution < 1.29 is 23.8 Å².